The quantitative estimate of drug-likeness (QED) is 0.160. The van der Waals surface area contributed by atoms with Crippen LogP contribution in [0, 0.1) is 0 Å². The van der Waals surface area contributed by atoms with E-state index in [9.17, 15) is 0 Å². The third-order valence-electron chi connectivity index (χ3n) is 13.0. The summed E-state index contributed by atoms with van der Waals surface area (Å²) in [5.74, 6) is 0. The standard InChI is InChI=1S/C55H33N/c1-3-16-38-36(14-1)37-15-2-4-17-39(37)45-22-13-23-46-47-32-34(29-31-53(47)56(54(45)46)52-27-12-8-21-44(38)52)35-28-30-43-42-20-7-11-26-50(42)55(51(43)33-35)48-24-9-5-18-40(48)41-19-6-10-25-49(41)55/h1-33H. The summed E-state index contributed by atoms with van der Waals surface area (Å²) in [4.78, 5) is 0. The Labute approximate surface area is 324 Å². The number of hydrogen-bond acceptors (Lipinski definition) is 0. The molecule has 56 heavy (non-hydrogen) atoms. The van der Waals surface area contributed by atoms with Gasteiger partial charge in [0.15, 0.2) is 0 Å². The first-order valence-electron chi connectivity index (χ1n) is 19.6. The van der Waals surface area contributed by atoms with Crippen LogP contribution < -0.4 is 0 Å². The average molecular weight is 708 g/mol. The maximum atomic E-state index is 2.53. The van der Waals surface area contributed by atoms with Crippen LogP contribution in [0.3, 0.4) is 0 Å². The topological polar surface area (TPSA) is 4.41 Å². The van der Waals surface area contributed by atoms with Gasteiger partial charge in [-0.15, -0.1) is 0 Å². The van der Waals surface area contributed by atoms with Crippen molar-refractivity contribution in [2.75, 3.05) is 0 Å². The number of hydrogen-bond donors (Lipinski definition) is 0. The minimum atomic E-state index is -0.370. The Morgan fingerprint density at radius 2 is 0.679 bits per heavy atom. The summed E-state index contributed by atoms with van der Waals surface area (Å²) in [6, 6.07) is 75.2. The van der Waals surface area contributed by atoms with Gasteiger partial charge in [0.05, 0.1) is 22.0 Å². The Hall–Kier alpha value is -7.22. The Kier molecular flexibility index (Phi) is 5.89. The predicted molar refractivity (Wildman–Crippen MR) is 235 cm³/mol. The van der Waals surface area contributed by atoms with E-state index >= 15 is 0 Å². The molecule has 0 atom stereocenters. The molecule has 2 aliphatic rings. The van der Waals surface area contributed by atoms with Gasteiger partial charge in [0.2, 0.25) is 0 Å². The number of fused-ring (bicyclic) bond motifs is 20. The highest BCUT2D eigenvalue weighted by atomic mass is 14.9. The van der Waals surface area contributed by atoms with Gasteiger partial charge in [-0.3, -0.25) is 0 Å². The van der Waals surface area contributed by atoms with Crippen molar-refractivity contribution in [2.24, 2.45) is 0 Å². The molecule has 0 saturated heterocycles. The number of aromatic nitrogens is 1. The van der Waals surface area contributed by atoms with Gasteiger partial charge in [-0.2, -0.15) is 0 Å². The molecular weight excluding hydrogens is 675 g/mol. The zero-order chi connectivity index (χ0) is 36.5. The van der Waals surface area contributed by atoms with E-state index in [-0.39, 0.29) is 5.41 Å². The summed E-state index contributed by atoms with van der Waals surface area (Å²) in [5, 5.41) is 10.0. The number of nitrogens with zero attached hydrogens (tertiary/aromatic N) is 1. The van der Waals surface area contributed by atoms with Crippen LogP contribution in [0.25, 0.3) is 93.0 Å². The molecule has 258 valence electrons. The number of para-hydroxylation sites is 2. The van der Waals surface area contributed by atoms with E-state index in [0.29, 0.717) is 0 Å². The fraction of sp³-hybridized carbons (Fsp3) is 0.0182. The summed E-state index contributed by atoms with van der Waals surface area (Å²) in [7, 11) is 0. The molecule has 2 aliphatic carbocycles. The molecule has 0 N–H and O–H groups in total. The highest BCUT2D eigenvalue weighted by Gasteiger charge is 2.51. The average Bonchev–Trinajstić information content (AvgIpc) is 3.88. The van der Waals surface area contributed by atoms with Crippen molar-refractivity contribution < 1.29 is 0 Å². The lowest BCUT2D eigenvalue weighted by Gasteiger charge is -2.30. The molecule has 0 amide bonds. The lowest BCUT2D eigenvalue weighted by atomic mass is 9.70. The molecular formula is C55H33N. The fourth-order valence-corrected chi connectivity index (χ4v) is 10.8. The van der Waals surface area contributed by atoms with Gasteiger partial charge in [0.25, 0.3) is 0 Å². The Morgan fingerprint density at radius 1 is 0.268 bits per heavy atom. The Morgan fingerprint density at radius 3 is 1.30 bits per heavy atom. The van der Waals surface area contributed by atoms with Crippen LogP contribution in [0.1, 0.15) is 22.3 Å². The molecule has 0 unspecified atom stereocenters. The van der Waals surface area contributed by atoms with Gasteiger partial charge in [-0.1, -0.05) is 176 Å². The molecule has 1 spiro atoms. The van der Waals surface area contributed by atoms with E-state index in [2.05, 4.69) is 205 Å². The summed E-state index contributed by atoms with van der Waals surface area (Å²) in [5.41, 5.74) is 16.5. The SMILES string of the molecule is c1ccc2c(c1)-c1ccccc1C21c2ccccc2-c2ccc(-c3ccc4c(c3)c3cccc5c6ccccc6c6ccccc6c6ccccc6n4c53)cc21. The van der Waals surface area contributed by atoms with E-state index in [1.54, 1.807) is 0 Å². The lowest BCUT2D eigenvalue weighted by Crippen LogP contribution is -2.25. The third-order valence-corrected chi connectivity index (χ3v) is 13.0. The minimum Gasteiger partial charge on any atom is -0.308 e. The molecule has 13 rings (SSSR count). The molecule has 1 heteroatoms. The molecule has 11 aromatic rings. The lowest BCUT2D eigenvalue weighted by molar-refractivity contribution is 0.794. The van der Waals surface area contributed by atoms with Gasteiger partial charge in [0, 0.05) is 21.5 Å². The van der Waals surface area contributed by atoms with Gasteiger partial charge < -0.3 is 4.40 Å². The smallest absolute Gasteiger partial charge is 0.0725 e. The number of rotatable bonds is 1. The van der Waals surface area contributed by atoms with Gasteiger partial charge >= 0.3 is 0 Å². The zero-order valence-corrected chi connectivity index (χ0v) is 30.5. The van der Waals surface area contributed by atoms with Crippen molar-refractivity contribution in [3.63, 3.8) is 0 Å². The zero-order valence-electron chi connectivity index (χ0n) is 30.5. The second kappa shape index (κ2) is 10.9. The molecule has 0 saturated carbocycles. The van der Waals surface area contributed by atoms with Crippen molar-refractivity contribution in [3.8, 4) is 33.4 Å². The largest absolute Gasteiger partial charge is 0.308 e. The Bertz CT molecular complexity index is 3480. The molecule has 1 nitrogen and oxygen atoms in total. The molecule has 2 heterocycles. The predicted octanol–water partition coefficient (Wildman–Crippen LogP) is 14.3. The van der Waals surface area contributed by atoms with Crippen molar-refractivity contribution in [1.82, 2.24) is 4.40 Å². The first kappa shape index (κ1) is 30.1. The van der Waals surface area contributed by atoms with Crippen molar-refractivity contribution >= 4 is 59.6 Å². The minimum absolute atomic E-state index is 0.370. The van der Waals surface area contributed by atoms with Gasteiger partial charge in [0.1, 0.15) is 0 Å². The van der Waals surface area contributed by atoms with Crippen molar-refractivity contribution in [1.29, 1.82) is 0 Å². The summed E-state index contributed by atoms with van der Waals surface area (Å²) in [6.45, 7) is 0. The van der Waals surface area contributed by atoms with E-state index in [1.165, 1.54) is 115 Å². The summed E-state index contributed by atoms with van der Waals surface area (Å²) < 4.78 is 2.53. The maximum Gasteiger partial charge on any atom is 0.0725 e. The van der Waals surface area contributed by atoms with E-state index in [1.807, 2.05) is 0 Å². The van der Waals surface area contributed by atoms with E-state index < -0.39 is 0 Å². The van der Waals surface area contributed by atoms with Crippen LogP contribution in [0.4, 0.5) is 0 Å². The fourth-order valence-electron chi connectivity index (χ4n) is 10.8. The number of benzene rings is 9. The van der Waals surface area contributed by atoms with Crippen LogP contribution >= 0.6 is 0 Å². The third kappa shape index (κ3) is 3.70. The highest BCUT2D eigenvalue weighted by molar-refractivity contribution is 6.25. The van der Waals surface area contributed by atoms with Crippen LogP contribution in [0.2, 0.25) is 0 Å². The van der Waals surface area contributed by atoms with Crippen molar-refractivity contribution in [2.45, 2.75) is 5.41 Å². The molecule has 9 aromatic carbocycles. The summed E-state index contributed by atoms with van der Waals surface area (Å²) >= 11 is 0. The normalized spacial score (nSPS) is 13.5. The molecule has 0 bridgehead atoms. The highest BCUT2D eigenvalue weighted by Crippen LogP contribution is 2.63. The second-order valence-corrected chi connectivity index (χ2v) is 15.5. The van der Waals surface area contributed by atoms with Gasteiger partial charge in [-0.25, -0.2) is 0 Å². The van der Waals surface area contributed by atoms with Gasteiger partial charge in [-0.05, 0) is 101 Å². The molecule has 0 aliphatic heterocycles. The summed E-state index contributed by atoms with van der Waals surface area (Å²) in [6.07, 6.45) is 0. The first-order chi connectivity index (χ1) is 27.8. The van der Waals surface area contributed by atoms with Crippen molar-refractivity contribution in [3.05, 3.63) is 222 Å². The van der Waals surface area contributed by atoms with Crippen LogP contribution in [-0.4, -0.2) is 4.40 Å². The van der Waals surface area contributed by atoms with Crippen LogP contribution in [-0.2, 0) is 5.41 Å². The Balaban J connectivity index is 1.13. The first-order valence-corrected chi connectivity index (χ1v) is 19.6. The monoisotopic (exact) mass is 707 g/mol. The molecule has 2 aromatic heterocycles. The van der Waals surface area contributed by atoms with E-state index in [4.69, 9.17) is 0 Å². The van der Waals surface area contributed by atoms with Crippen LogP contribution in [0.5, 0.6) is 0 Å². The second-order valence-electron chi connectivity index (χ2n) is 15.5. The molecule has 0 radical (unpaired) electrons. The molecule has 0 fully saturated rings. The van der Waals surface area contributed by atoms with Crippen LogP contribution in [0.15, 0.2) is 200 Å². The maximum absolute atomic E-state index is 2.53. The van der Waals surface area contributed by atoms with E-state index in [0.717, 1.165) is 0 Å².